The summed E-state index contributed by atoms with van der Waals surface area (Å²) in [5.74, 6) is 0.798. The predicted octanol–water partition coefficient (Wildman–Crippen LogP) is 3.03. The summed E-state index contributed by atoms with van der Waals surface area (Å²) in [7, 11) is 1.63. The third kappa shape index (κ3) is 5.58. The minimum Gasteiger partial charge on any atom is -0.383 e. The lowest BCUT2D eigenvalue weighted by Gasteiger charge is -2.39. The summed E-state index contributed by atoms with van der Waals surface area (Å²) in [5.41, 5.74) is -0.0105. The summed E-state index contributed by atoms with van der Waals surface area (Å²) >= 11 is 0. The van der Waals surface area contributed by atoms with Crippen LogP contribution in [0.4, 0.5) is 18.9 Å². The molecule has 1 aromatic carbocycles. The normalized spacial score (nSPS) is 16.5. The van der Waals surface area contributed by atoms with E-state index in [4.69, 9.17) is 4.74 Å². The Balaban J connectivity index is 0.00000300. The van der Waals surface area contributed by atoms with Crippen LogP contribution in [0.3, 0.4) is 0 Å². The molecule has 0 amide bonds. The van der Waals surface area contributed by atoms with Crippen LogP contribution in [0.25, 0.3) is 0 Å². The Labute approximate surface area is 174 Å². The van der Waals surface area contributed by atoms with Gasteiger partial charge in [0.15, 0.2) is 5.82 Å². The van der Waals surface area contributed by atoms with Crippen molar-refractivity contribution in [3.8, 4) is 0 Å². The molecule has 1 unspecified atom stereocenters. The predicted molar refractivity (Wildman–Crippen MR) is 105 cm³/mol. The highest BCUT2D eigenvalue weighted by molar-refractivity contribution is 5.85. The van der Waals surface area contributed by atoms with Gasteiger partial charge in [0.05, 0.1) is 24.8 Å². The van der Waals surface area contributed by atoms with Crippen LogP contribution in [-0.2, 0) is 17.5 Å². The van der Waals surface area contributed by atoms with E-state index in [-0.39, 0.29) is 18.4 Å². The molecule has 2 heterocycles. The highest BCUT2D eigenvalue weighted by atomic mass is 35.5. The molecule has 0 radical (unpaired) electrons. The highest BCUT2D eigenvalue weighted by Crippen LogP contribution is 2.32. The molecule has 1 atom stereocenters. The fraction of sp³-hybridized carbons (Fsp3) is 0.611. The molecule has 1 saturated heterocycles. The SMILES string of the molecule is CCC(c1nnnn1CCOC)N1CCN(c2cccc(C(F)(F)F)c2)CC1.Cl. The van der Waals surface area contributed by atoms with Crippen molar-refractivity contribution in [1.82, 2.24) is 25.1 Å². The van der Waals surface area contributed by atoms with Gasteiger partial charge in [-0.2, -0.15) is 13.2 Å². The molecular formula is C18H26ClF3N6O. The first-order chi connectivity index (χ1) is 13.4. The number of aromatic nitrogens is 4. The van der Waals surface area contributed by atoms with Crippen LogP contribution < -0.4 is 4.90 Å². The van der Waals surface area contributed by atoms with Crippen molar-refractivity contribution < 1.29 is 17.9 Å². The second-order valence-electron chi connectivity index (χ2n) is 6.75. The third-order valence-electron chi connectivity index (χ3n) is 5.05. The maximum absolute atomic E-state index is 13.0. The average Bonchev–Trinajstić information content (AvgIpc) is 3.15. The minimum atomic E-state index is -4.33. The van der Waals surface area contributed by atoms with Crippen molar-refractivity contribution >= 4 is 18.1 Å². The van der Waals surface area contributed by atoms with Crippen molar-refractivity contribution in [3.05, 3.63) is 35.7 Å². The second-order valence-corrected chi connectivity index (χ2v) is 6.75. The Bertz CT molecular complexity index is 764. The van der Waals surface area contributed by atoms with Crippen molar-refractivity contribution in [3.63, 3.8) is 0 Å². The van der Waals surface area contributed by atoms with Gasteiger partial charge in [0, 0.05) is 39.0 Å². The molecule has 7 nitrogen and oxygen atoms in total. The zero-order valence-electron chi connectivity index (χ0n) is 16.5. The van der Waals surface area contributed by atoms with E-state index in [9.17, 15) is 13.2 Å². The number of hydrogen-bond acceptors (Lipinski definition) is 6. The van der Waals surface area contributed by atoms with Gasteiger partial charge in [-0.1, -0.05) is 13.0 Å². The first-order valence-corrected chi connectivity index (χ1v) is 9.35. The number of nitrogens with zero attached hydrogens (tertiary/aromatic N) is 6. The molecule has 1 aliphatic rings. The summed E-state index contributed by atoms with van der Waals surface area (Å²) in [6, 6.07) is 5.58. The molecule has 0 aliphatic carbocycles. The summed E-state index contributed by atoms with van der Waals surface area (Å²) in [5, 5.41) is 12.0. The Hall–Kier alpha value is -1.91. The number of benzene rings is 1. The zero-order valence-corrected chi connectivity index (χ0v) is 17.3. The molecule has 0 N–H and O–H groups in total. The molecule has 29 heavy (non-hydrogen) atoms. The first-order valence-electron chi connectivity index (χ1n) is 9.35. The highest BCUT2D eigenvalue weighted by Gasteiger charge is 2.32. The molecule has 0 spiro atoms. The monoisotopic (exact) mass is 434 g/mol. The van der Waals surface area contributed by atoms with E-state index < -0.39 is 11.7 Å². The van der Waals surface area contributed by atoms with Gasteiger partial charge < -0.3 is 9.64 Å². The van der Waals surface area contributed by atoms with Gasteiger partial charge in [0.1, 0.15) is 0 Å². The Kier molecular flexibility index (Phi) is 8.23. The van der Waals surface area contributed by atoms with Gasteiger partial charge in [-0.15, -0.1) is 17.5 Å². The average molecular weight is 435 g/mol. The molecule has 3 rings (SSSR count). The van der Waals surface area contributed by atoms with Crippen molar-refractivity contribution in [2.75, 3.05) is 44.8 Å². The fourth-order valence-corrected chi connectivity index (χ4v) is 3.56. The molecule has 0 saturated carbocycles. The van der Waals surface area contributed by atoms with Gasteiger partial charge >= 0.3 is 6.18 Å². The lowest BCUT2D eigenvalue weighted by atomic mass is 10.1. The molecule has 0 bridgehead atoms. The van der Waals surface area contributed by atoms with Gasteiger partial charge in [0.25, 0.3) is 0 Å². The summed E-state index contributed by atoms with van der Waals surface area (Å²) in [6.45, 7) is 5.95. The van der Waals surface area contributed by atoms with E-state index in [1.807, 2.05) is 4.90 Å². The van der Waals surface area contributed by atoms with Crippen molar-refractivity contribution in [1.29, 1.82) is 0 Å². The number of rotatable bonds is 7. The standard InChI is InChI=1S/C18H25F3N6O.ClH/c1-3-16(17-22-23-24-27(17)11-12-28-2)26-9-7-25(8-10-26)15-6-4-5-14(13-15)18(19,20)21;/h4-6,13,16H,3,7-12H2,1-2H3;1H. The number of piperazine rings is 1. The van der Waals surface area contributed by atoms with E-state index in [1.54, 1.807) is 17.9 Å². The number of halogens is 4. The number of methoxy groups -OCH3 is 1. The maximum Gasteiger partial charge on any atom is 0.416 e. The van der Waals surface area contributed by atoms with Gasteiger partial charge in [0.2, 0.25) is 0 Å². The van der Waals surface area contributed by atoms with E-state index >= 15 is 0 Å². The van der Waals surface area contributed by atoms with Gasteiger partial charge in [-0.05, 0) is 35.0 Å². The topological polar surface area (TPSA) is 59.3 Å². The summed E-state index contributed by atoms with van der Waals surface area (Å²) < 4.78 is 45.8. The number of hydrogen-bond donors (Lipinski definition) is 0. The quantitative estimate of drug-likeness (QED) is 0.667. The molecule has 1 aromatic heterocycles. The Morgan fingerprint density at radius 1 is 1.17 bits per heavy atom. The van der Waals surface area contributed by atoms with E-state index in [0.717, 1.165) is 31.4 Å². The molecule has 2 aromatic rings. The minimum absolute atomic E-state index is 0. The first kappa shape index (κ1) is 23.4. The number of anilines is 1. The van der Waals surface area contributed by atoms with Crippen LogP contribution in [0.1, 0.15) is 30.8 Å². The smallest absolute Gasteiger partial charge is 0.383 e. The molecule has 11 heteroatoms. The van der Waals surface area contributed by atoms with E-state index in [1.165, 1.54) is 12.1 Å². The van der Waals surface area contributed by atoms with Gasteiger partial charge in [-0.25, -0.2) is 4.68 Å². The number of ether oxygens (including phenoxy) is 1. The van der Waals surface area contributed by atoms with Crippen LogP contribution in [0, 0.1) is 0 Å². The zero-order chi connectivity index (χ0) is 20.1. The number of alkyl halides is 3. The molecule has 1 fully saturated rings. The van der Waals surface area contributed by atoms with E-state index in [0.29, 0.717) is 31.9 Å². The second kappa shape index (κ2) is 10.2. The Morgan fingerprint density at radius 2 is 1.90 bits per heavy atom. The van der Waals surface area contributed by atoms with E-state index in [2.05, 4.69) is 27.3 Å². The van der Waals surface area contributed by atoms with Crippen molar-refractivity contribution in [2.24, 2.45) is 0 Å². The van der Waals surface area contributed by atoms with Gasteiger partial charge in [-0.3, -0.25) is 4.90 Å². The fourth-order valence-electron chi connectivity index (χ4n) is 3.56. The summed E-state index contributed by atoms with van der Waals surface area (Å²) in [6.07, 6.45) is -3.48. The molecule has 1 aliphatic heterocycles. The lowest BCUT2D eigenvalue weighted by molar-refractivity contribution is -0.137. The number of tetrazole rings is 1. The van der Waals surface area contributed by atoms with Crippen LogP contribution >= 0.6 is 12.4 Å². The maximum atomic E-state index is 13.0. The summed E-state index contributed by atoms with van der Waals surface area (Å²) in [4.78, 5) is 4.28. The van der Waals surface area contributed by atoms with Crippen LogP contribution in [0.15, 0.2) is 24.3 Å². The molecular weight excluding hydrogens is 409 g/mol. The Morgan fingerprint density at radius 3 is 2.52 bits per heavy atom. The largest absolute Gasteiger partial charge is 0.416 e. The van der Waals surface area contributed by atoms with Crippen LogP contribution in [0.5, 0.6) is 0 Å². The molecule has 162 valence electrons. The van der Waals surface area contributed by atoms with Crippen molar-refractivity contribution in [2.45, 2.75) is 32.1 Å². The lowest BCUT2D eigenvalue weighted by Crippen LogP contribution is -2.48. The third-order valence-corrected chi connectivity index (χ3v) is 5.05. The van der Waals surface area contributed by atoms with Crippen LogP contribution in [0.2, 0.25) is 0 Å². The van der Waals surface area contributed by atoms with Crippen LogP contribution in [-0.4, -0.2) is 65.0 Å².